The first kappa shape index (κ1) is 24.8. The number of para-hydroxylation sites is 3. The Bertz CT molecular complexity index is 1460. The number of fused-ring (bicyclic) bond motifs is 1. The molecule has 0 fully saturated rings. The van der Waals surface area contributed by atoms with Gasteiger partial charge in [0.05, 0.1) is 23.5 Å². The number of nitrogens with two attached hydrogens (primary N) is 1. The molecule has 0 bridgehead atoms. The van der Waals surface area contributed by atoms with Crippen LogP contribution in [-0.2, 0) is 9.53 Å². The number of allylic oxidation sites excluding steroid dienone is 1. The molecule has 0 aliphatic rings. The van der Waals surface area contributed by atoms with E-state index in [4.69, 9.17) is 15.2 Å². The van der Waals surface area contributed by atoms with Crippen molar-refractivity contribution in [3.05, 3.63) is 96.0 Å². The number of H-pyrrole nitrogens is 1. The SMILES string of the molecule is N#CC(=C(O)COC(=O)C[C@H](NC(N)=O)c1cccc(Oc2ccccc2)c1)c1nc2ccccc2[nH]1. The molecule has 1 heterocycles. The van der Waals surface area contributed by atoms with E-state index in [1.54, 1.807) is 54.6 Å². The maximum Gasteiger partial charge on any atom is 0.312 e. The lowest BCUT2D eigenvalue weighted by molar-refractivity contribution is -0.143. The van der Waals surface area contributed by atoms with Gasteiger partial charge in [0.1, 0.15) is 29.7 Å². The molecule has 0 saturated heterocycles. The van der Waals surface area contributed by atoms with Crippen molar-refractivity contribution in [1.29, 1.82) is 5.26 Å². The number of carbonyl (C=O) groups excluding carboxylic acids is 2. The molecule has 0 aliphatic heterocycles. The summed E-state index contributed by atoms with van der Waals surface area (Å²) in [4.78, 5) is 31.4. The summed E-state index contributed by atoms with van der Waals surface area (Å²) in [5.41, 5.74) is 7.03. The molecule has 10 heteroatoms. The fraction of sp³-hybridized carbons (Fsp3) is 0.111. The van der Waals surface area contributed by atoms with E-state index in [2.05, 4.69) is 15.3 Å². The number of ether oxygens (including phenoxy) is 2. The molecule has 186 valence electrons. The lowest BCUT2D eigenvalue weighted by Crippen LogP contribution is -2.34. The Morgan fingerprint density at radius 1 is 1.05 bits per heavy atom. The predicted octanol–water partition coefficient (Wildman–Crippen LogP) is 4.49. The average Bonchev–Trinajstić information content (AvgIpc) is 3.32. The minimum atomic E-state index is -0.827. The zero-order valence-corrected chi connectivity index (χ0v) is 19.5. The van der Waals surface area contributed by atoms with Crippen molar-refractivity contribution in [3.63, 3.8) is 0 Å². The molecule has 0 saturated carbocycles. The molecular formula is C27H23N5O5. The van der Waals surface area contributed by atoms with E-state index < -0.39 is 30.4 Å². The fourth-order valence-corrected chi connectivity index (χ4v) is 3.62. The number of rotatable bonds is 9. The number of nitrogens with one attached hydrogen (secondary N) is 2. The lowest BCUT2D eigenvalue weighted by atomic mass is 10.0. The normalized spacial score (nSPS) is 12.2. The quantitative estimate of drug-likeness (QED) is 0.150. The van der Waals surface area contributed by atoms with Crippen LogP contribution in [0, 0.1) is 11.3 Å². The van der Waals surface area contributed by atoms with Crippen molar-refractivity contribution >= 4 is 28.6 Å². The number of nitrogens with zero attached hydrogens (tertiary/aromatic N) is 2. The second kappa shape index (κ2) is 11.4. The lowest BCUT2D eigenvalue weighted by Gasteiger charge is -2.18. The van der Waals surface area contributed by atoms with Crippen molar-refractivity contribution in [2.24, 2.45) is 5.73 Å². The summed E-state index contributed by atoms with van der Waals surface area (Å²) >= 11 is 0. The number of amides is 2. The van der Waals surface area contributed by atoms with E-state index in [1.807, 2.05) is 30.3 Å². The Hall–Kier alpha value is -5.30. The summed E-state index contributed by atoms with van der Waals surface area (Å²) in [6.07, 6.45) is -0.280. The first-order valence-corrected chi connectivity index (χ1v) is 11.2. The van der Waals surface area contributed by atoms with Crippen molar-refractivity contribution < 1.29 is 24.2 Å². The molecule has 4 rings (SSSR count). The molecule has 1 aromatic heterocycles. The summed E-state index contributed by atoms with van der Waals surface area (Å²) in [7, 11) is 0. The summed E-state index contributed by atoms with van der Waals surface area (Å²) in [6, 6.07) is 23.3. The van der Waals surface area contributed by atoms with Crippen molar-refractivity contribution in [2.75, 3.05) is 6.61 Å². The van der Waals surface area contributed by atoms with Gasteiger partial charge in [-0.15, -0.1) is 0 Å². The molecular weight excluding hydrogens is 474 g/mol. The van der Waals surface area contributed by atoms with Gasteiger partial charge in [0, 0.05) is 0 Å². The van der Waals surface area contributed by atoms with E-state index >= 15 is 0 Å². The second-order valence-corrected chi connectivity index (χ2v) is 7.95. The minimum absolute atomic E-state index is 0.151. The standard InChI is InChI=1S/C27H23N5O5/c28-15-20(26-30-21-11-4-5-12-22(21)31-26)24(33)16-36-25(34)14-23(32-27(29)35)17-7-6-10-19(13-17)37-18-8-2-1-3-9-18/h1-13,23,33H,14,16H2,(H,30,31)(H3,29,32,35)/t23-/m0/s1. The highest BCUT2D eigenvalue weighted by Gasteiger charge is 2.21. The van der Waals surface area contributed by atoms with E-state index in [9.17, 15) is 20.0 Å². The molecule has 37 heavy (non-hydrogen) atoms. The van der Waals surface area contributed by atoms with Crippen molar-refractivity contribution in [1.82, 2.24) is 15.3 Å². The van der Waals surface area contributed by atoms with Crippen LogP contribution in [-0.4, -0.2) is 33.7 Å². The summed E-state index contributed by atoms with van der Waals surface area (Å²) < 4.78 is 11.0. The maximum absolute atomic E-state index is 12.6. The largest absolute Gasteiger partial charge is 0.507 e. The van der Waals surface area contributed by atoms with Gasteiger partial charge < -0.3 is 30.6 Å². The highest BCUT2D eigenvalue weighted by Crippen LogP contribution is 2.26. The van der Waals surface area contributed by atoms with Gasteiger partial charge in [-0.05, 0) is 42.0 Å². The van der Waals surface area contributed by atoms with Gasteiger partial charge in [-0.1, -0.05) is 42.5 Å². The molecule has 0 spiro atoms. The van der Waals surface area contributed by atoms with Crippen LogP contribution in [0.2, 0.25) is 0 Å². The third-order valence-corrected chi connectivity index (χ3v) is 5.32. The number of aromatic nitrogens is 2. The van der Waals surface area contributed by atoms with Crippen LogP contribution >= 0.6 is 0 Å². The summed E-state index contributed by atoms with van der Waals surface area (Å²) in [5, 5.41) is 22.5. The van der Waals surface area contributed by atoms with Crippen LogP contribution in [0.1, 0.15) is 23.9 Å². The summed E-state index contributed by atoms with van der Waals surface area (Å²) in [5.74, 6) is 0.0757. The number of primary amides is 1. The Balaban J connectivity index is 1.45. The van der Waals surface area contributed by atoms with E-state index in [1.165, 1.54) is 0 Å². The van der Waals surface area contributed by atoms with Crippen LogP contribution in [0.5, 0.6) is 11.5 Å². The highest BCUT2D eigenvalue weighted by atomic mass is 16.5. The van der Waals surface area contributed by atoms with Crippen molar-refractivity contribution in [2.45, 2.75) is 12.5 Å². The molecule has 0 unspecified atom stereocenters. The number of nitriles is 1. The Morgan fingerprint density at radius 2 is 1.78 bits per heavy atom. The third kappa shape index (κ3) is 6.43. The monoisotopic (exact) mass is 497 g/mol. The van der Waals surface area contributed by atoms with Crippen LogP contribution in [0.15, 0.2) is 84.6 Å². The van der Waals surface area contributed by atoms with Gasteiger partial charge in [-0.2, -0.15) is 5.26 Å². The Labute approximate surface area is 212 Å². The predicted molar refractivity (Wildman–Crippen MR) is 135 cm³/mol. The van der Waals surface area contributed by atoms with E-state index in [0.29, 0.717) is 28.1 Å². The zero-order chi connectivity index (χ0) is 26.2. The smallest absolute Gasteiger partial charge is 0.312 e. The number of carbonyl (C=O) groups is 2. The van der Waals surface area contributed by atoms with E-state index in [-0.39, 0.29) is 17.8 Å². The molecule has 3 aromatic carbocycles. The number of esters is 1. The average molecular weight is 498 g/mol. The number of urea groups is 1. The Morgan fingerprint density at radius 3 is 2.51 bits per heavy atom. The van der Waals surface area contributed by atoms with Crippen LogP contribution in [0.3, 0.4) is 0 Å². The van der Waals surface area contributed by atoms with Crippen LogP contribution in [0.25, 0.3) is 16.6 Å². The highest BCUT2D eigenvalue weighted by molar-refractivity contribution is 5.83. The third-order valence-electron chi connectivity index (χ3n) is 5.32. The molecule has 10 nitrogen and oxygen atoms in total. The number of imidazole rings is 1. The van der Waals surface area contributed by atoms with Crippen LogP contribution in [0.4, 0.5) is 4.79 Å². The maximum atomic E-state index is 12.6. The number of aromatic amines is 1. The molecule has 0 radical (unpaired) electrons. The number of aliphatic hydroxyl groups excluding tert-OH is 1. The van der Waals surface area contributed by atoms with Gasteiger partial charge in [-0.25, -0.2) is 9.78 Å². The number of aliphatic hydroxyl groups is 1. The number of benzene rings is 3. The fourth-order valence-electron chi connectivity index (χ4n) is 3.62. The first-order chi connectivity index (χ1) is 17.9. The van der Waals surface area contributed by atoms with Crippen LogP contribution < -0.4 is 15.8 Å². The second-order valence-electron chi connectivity index (χ2n) is 7.95. The van der Waals surface area contributed by atoms with Gasteiger partial charge in [0.2, 0.25) is 0 Å². The Kier molecular flexibility index (Phi) is 7.66. The molecule has 1 atom stereocenters. The molecule has 5 N–H and O–H groups in total. The molecule has 0 aliphatic carbocycles. The van der Waals surface area contributed by atoms with Gasteiger partial charge in [0.25, 0.3) is 0 Å². The molecule has 2 amide bonds. The number of hydrogen-bond acceptors (Lipinski definition) is 7. The minimum Gasteiger partial charge on any atom is -0.507 e. The number of hydrogen-bond donors (Lipinski definition) is 4. The first-order valence-electron chi connectivity index (χ1n) is 11.2. The van der Waals surface area contributed by atoms with Gasteiger partial charge in [-0.3, -0.25) is 4.79 Å². The molecule has 4 aromatic rings. The van der Waals surface area contributed by atoms with E-state index in [0.717, 1.165) is 0 Å². The van der Waals surface area contributed by atoms with Crippen molar-refractivity contribution in [3.8, 4) is 17.6 Å². The van der Waals surface area contributed by atoms with Gasteiger partial charge in [0.15, 0.2) is 11.6 Å². The van der Waals surface area contributed by atoms with Gasteiger partial charge >= 0.3 is 12.0 Å². The topological polar surface area (TPSA) is 163 Å². The summed E-state index contributed by atoms with van der Waals surface area (Å²) in [6.45, 7) is -0.556. The zero-order valence-electron chi connectivity index (χ0n) is 19.5.